The van der Waals surface area contributed by atoms with E-state index >= 15 is 0 Å². The van der Waals surface area contributed by atoms with Gasteiger partial charge in [0.05, 0.1) is 0 Å². The Morgan fingerprint density at radius 3 is 2.42 bits per heavy atom. The van der Waals surface area contributed by atoms with Gasteiger partial charge in [-0.1, -0.05) is 0 Å². The molecule has 0 bridgehead atoms. The molecular formula is C18H25N5O. The van der Waals surface area contributed by atoms with Gasteiger partial charge in [-0.25, -0.2) is 9.97 Å². The van der Waals surface area contributed by atoms with E-state index < -0.39 is 0 Å². The van der Waals surface area contributed by atoms with Crippen LogP contribution in [0.15, 0.2) is 24.7 Å². The van der Waals surface area contributed by atoms with Crippen LogP contribution in [0.4, 0.5) is 0 Å². The number of hydrogen-bond acceptors (Lipinski definition) is 4. The van der Waals surface area contributed by atoms with Crippen LogP contribution in [0.25, 0.3) is 5.78 Å². The third-order valence-corrected chi connectivity index (χ3v) is 6.02. The third-order valence-electron chi connectivity index (χ3n) is 6.02. The lowest BCUT2D eigenvalue weighted by Gasteiger charge is -2.26. The second kappa shape index (κ2) is 5.84. The highest BCUT2D eigenvalue weighted by Gasteiger charge is 2.44. The van der Waals surface area contributed by atoms with E-state index in [9.17, 15) is 4.79 Å². The SMILES string of the molecule is CN(C)C1C[C@@H]2CC(N(C)C(=O)c3cn4cccnc4n3)C[C@@H]2C1. The highest BCUT2D eigenvalue weighted by Crippen LogP contribution is 2.46. The third kappa shape index (κ3) is 2.59. The normalized spacial score (nSPS) is 29.3. The highest BCUT2D eigenvalue weighted by molar-refractivity contribution is 5.92. The maximum absolute atomic E-state index is 12.8. The molecule has 0 aromatic carbocycles. The molecule has 2 saturated carbocycles. The topological polar surface area (TPSA) is 53.7 Å². The van der Waals surface area contributed by atoms with Crippen molar-refractivity contribution in [3.8, 4) is 0 Å². The molecule has 2 aliphatic rings. The number of imidazole rings is 1. The van der Waals surface area contributed by atoms with Crippen LogP contribution in [0.3, 0.4) is 0 Å². The van der Waals surface area contributed by atoms with E-state index in [0.29, 0.717) is 23.6 Å². The van der Waals surface area contributed by atoms with Crippen LogP contribution in [0.2, 0.25) is 0 Å². The van der Waals surface area contributed by atoms with Gasteiger partial charge in [0.15, 0.2) is 0 Å². The van der Waals surface area contributed by atoms with Crippen molar-refractivity contribution in [2.75, 3.05) is 21.1 Å². The predicted molar refractivity (Wildman–Crippen MR) is 91.8 cm³/mol. The minimum absolute atomic E-state index is 0.00892. The Morgan fingerprint density at radius 2 is 1.79 bits per heavy atom. The van der Waals surface area contributed by atoms with Gasteiger partial charge < -0.3 is 9.80 Å². The smallest absolute Gasteiger partial charge is 0.274 e. The number of hydrogen-bond donors (Lipinski definition) is 0. The van der Waals surface area contributed by atoms with E-state index in [4.69, 9.17) is 0 Å². The van der Waals surface area contributed by atoms with E-state index in [2.05, 4.69) is 29.0 Å². The van der Waals surface area contributed by atoms with E-state index in [1.54, 1.807) is 16.8 Å². The summed E-state index contributed by atoms with van der Waals surface area (Å²) in [7, 11) is 6.28. The first-order chi connectivity index (χ1) is 11.5. The molecular weight excluding hydrogens is 302 g/mol. The summed E-state index contributed by atoms with van der Waals surface area (Å²) in [5.41, 5.74) is 0.486. The molecule has 2 heterocycles. The molecule has 1 amide bonds. The van der Waals surface area contributed by atoms with Crippen molar-refractivity contribution < 1.29 is 4.79 Å². The van der Waals surface area contributed by atoms with Crippen molar-refractivity contribution in [1.82, 2.24) is 24.2 Å². The van der Waals surface area contributed by atoms with Crippen LogP contribution >= 0.6 is 0 Å². The molecule has 2 aromatic heterocycles. The molecule has 2 fully saturated rings. The minimum atomic E-state index is 0.00892. The van der Waals surface area contributed by atoms with Gasteiger partial charge in [-0.2, -0.15) is 0 Å². The molecule has 2 aliphatic carbocycles. The second-order valence-corrected chi connectivity index (χ2v) is 7.60. The average molecular weight is 327 g/mol. The van der Waals surface area contributed by atoms with Crippen molar-refractivity contribution in [1.29, 1.82) is 0 Å². The molecule has 6 heteroatoms. The maximum atomic E-state index is 12.8. The monoisotopic (exact) mass is 327 g/mol. The summed E-state index contributed by atoms with van der Waals surface area (Å²) in [5.74, 6) is 2.11. The van der Waals surface area contributed by atoms with E-state index in [0.717, 1.165) is 24.7 Å². The lowest BCUT2D eigenvalue weighted by Crippen LogP contribution is -2.36. The standard InChI is InChI=1S/C18H25N5O/c1-21(2)14-7-12-9-15(10-13(12)8-14)22(3)17(24)16-11-23-6-4-5-19-18(23)20-16/h4-6,11-15H,7-10H2,1-3H3/t12-,13+,14?,15?. The van der Waals surface area contributed by atoms with Gasteiger partial charge in [-0.3, -0.25) is 9.20 Å². The molecule has 24 heavy (non-hydrogen) atoms. The lowest BCUT2D eigenvalue weighted by atomic mass is 10.0. The first-order valence-electron chi connectivity index (χ1n) is 8.76. The summed E-state index contributed by atoms with van der Waals surface area (Å²) in [5, 5.41) is 0. The number of rotatable bonds is 3. The molecule has 0 spiro atoms. The van der Waals surface area contributed by atoms with E-state index in [1.165, 1.54) is 12.8 Å². The summed E-state index contributed by atoms with van der Waals surface area (Å²) in [4.78, 5) is 25.6. The van der Waals surface area contributed by atoms with Crippen molar-refractivity contribution >= 4 is 11.7 Å². The molecule has 0 N–H and O–H groups in total. The second-order valence-electron chi connectivity index (χ2n) is 7.60. The number of aromatic nitrogens is 3. The molecule has 4 rings (SSSR count). The van der Waals surface area contributed by atoms with E-state index in [-0.39, 0.29) is 5.91 Å². The Morgan fingerprint density at radius 1 is 1.12 bits per heavy atom. The molecule has 2 aromatic rings. The Hall–Kier alpha value is -1.95. The summed E-state index contributed by atoms with van der Waals surface area (Å²) in [6.45, 7) is 0. The number of carbonyl (C=O) groups is 1. The zero-order valence-electron chi connectivity index (χ0n) is 14.6. The van der Waals surface area contributed by atoms with Gasteiger partial charge in [-0.05, 0) is 57.7 Å². The Kier molecular flexibility index (Phi) is 3.79. The molecule has 0 radical (unpaired) electrons. The number of nitrogens with zero attached hydrogens (tertiary/aromatic N) is 5. The number of carbonyl (C=O) groups excluding carboxylic acids is 1. The van der Waals surface area contributed by atoms with Gasteiger partial charge in [0.2, 0.25) is 5.78 Å². The molecule has 4 atom stereocenters. The van der Waals surface area contributed by atoms with Crippen molar-refractivity contribution in [3.05, 3.63) is 30.4 Å². The molecule has 2 unspecified atom stereocenters. The number of fused-ring (bicyclic) bond motifs is 2. The van der Waals surface area contributed by atoms with Gasteiger partial charge in [0.1, 0.15) is 5.69 Å². The van der Waals surface area contributed by atoms with Crippen molar-refractivity contribution in [2.24, 2.45) is 11.8 Å². The Labute approximate surface area is 142 Å². The van der Waals surface area contributed by atoms with Gasteiger partial charge >= 0.3 is 0 Å². The number of amides is 1. The molecule has 0 saturated heterocycles. The molecule has 0 aliphatic heterocycles. The average Bonchev–Trinajstić information content (AvgIpc) is 3.24. The van der Waals surface area contributed by atoms with Crippen LogP contribution < -0.4 is 0 Å². The highest BCUT2D eigenvalue weighted by atomic mass is 16.2. The molecule has 6 nitrogen and oxygen atoms in total. The summed E-state index contributed by atoms with van der Waals surface area (Å²) in [6, 6.07) is 2.89. The first-order valence-corrected chi connectivity index (χ1v) is 8.76. The Balaban J connectivity index is 1.45. The molecule has 128 valence electrons. The van der Waals surface area contributed by atoms with Crippen LogP contribution in [0.5, 0.6) is 0 Å². The quantitative estimate of drug-likeness (QED) is 0.864. The lowest BCUT2D eigenvalue weighted by molar-refractivity contribution is 0.0721. The zero-order valence-corrected chi connectivity index (χ0v) is 14.6. The minimum Gasteiger partial charge on any atom is -0.337 e. The summed E-state index contributed by atoms with van der Waals surface area (Å²) < 4.78 is 1.80. The summed E-state index contributed by atoms with van der Waals surface area (Å²) >= 11 is 0. The largest absolute Gasteiger partial charge is 0.337 e. The van der Waals surface area contributed by atoms with E-state index in [1.807, 2.05) is 24.2 Å². The van der Waals surface area contributed by atoms with Crippen LogP contribution in [-0.4, -0.2) is 63.3 Å². The Bertz CT molecular complexity index is 708. The van der Waals surface area contributed by atoms with Gasteiger partial charge in [0, 0.05) is 37.7 Å². The summed E-state index contributed by atoms with van der Waals surface area (Å²) in [6.07, 6.45) is 10.1. The zero-order chi connectivity index (χ0) is 16.8. The van der Waals surface area contributed by atoms with Crippen LogP contribution in [0, 0.1) is 11.8 Å². The van der Waals surface area contributed by atoms with Crippen molar-refractivity contribution in [2.45, 2.75) is 37.8 Å². The first kappa shape index (κ1) is 15.6. The fourth-order valence-corrected chi connectivity index (χ4v) is 4.57. The van der Waals surface area contributed by atoms with Crippen LogP contribution in [0.1, 0.15) is 36.2 Å². The van der Waals surface area contributed by atoms with Gasteiger partial charge in [-0.15, -0.1) is 0 Å². The fraction of sp³-hybridized carbons (Fsp3) is 0.611. The fourth-order valence-electron chi connectivity index (χ4n) is 4.57. The van der Waals surface area contributed by atoms with Gasteiger partial charge in [0.25, 0.3) is 5.91 Å². The van der Waals surface area contributed by atoms with Crippen LogP contribution in [-0.2, 0) is 0 Å². The maximum Gasteiger partial charge on any atom is 0.274 e. The predicted octanol–water partition coefficient (Wildman–Crippen LogP) is 1.92. The van der Waals surface area contributed by atoms with Crippen molar-refractivity contribution in [3.63, 3.8) is 0 Å².